The Morgan fingerprint density at radius 1 is 1.29 bits per heavy atom. The fourth-order valence-corrected chi connectivity index (χ4v) is 3.23. The summed E-state index contributed by atoms with van der Waals surface area (Å²) in [5, 5.41) is 14.5. The van der Waals surface area contributed by atoms with Gasteiger partial charge in [-0.2, -0.15) is 5.10 Å². The molecule has 8 heteroatoms. The van der Waals surface area contributed by atoms with E-state index in [-0.39, 0.29) is 17.3 Å². The van der Waals surface area contributed by atoms with Gasteiger partial charge in [-0.25, -0.2) is 5.43 Å². The second-order valence-electron chi connectivity index (χ2n) is 4.73. The molecule has 0 aromatic heterocycles. The lowest BCUT2D eigenvalue weighted by Gasteiger charge is -2.03. The number of nitro benzene ring substituents is 1. The summed E-state index contributed by atoms with van der Waals surface area (Å²) in [5.41, 5.74) is 4.06. The number of hydrazone groups is 1. The molecule has 0 fully saturated rings. The third-order valence-electron chi connectivity index (χ3n) is 2.93. The first-order chi connectivity index (χ1) is 11.6. The van der Waals surface area contributed by atoms with Gasteiger partial charge in [-0.1, -0.05) is 46.3 Å². The Morgan fingerprint density at radius 3 is 2.83 bits per heavy atom. The number of hydrogen-bond acceptors (Lipinski definition) is 5. The van der Waals surface area contributed by atoms with Crippen molar-refractivity contribution < 1.29 is 9.72 Å². The molecule has 24 heavy (non-hydrogen) atoms. The lowest BCUT2D eigenvalue weighted by atomic mass is 10.2. The van der Waals surface area contributed by atoms with Crippen molar-refractivity contribution in [3.63, 3.8) is 0 Å². The summed E-state index contributed by atoms with van der Waals surface area (Å²) < 4.78 is 1.02. The number of amides is 1. The highest BCUT2D eigenvalue weighted by atomic mass is 79.9. The number of benzene rings is 2. The standard InChI is InChI=1S/C16H14BrN3O3S/c17-15-7-2-1-5-13(15)10-24-11-16(21)19-18-9-12-4-3-6-14(8-12)20(22)23/h1-9H,10-11H2,(H,19,21). The highest BCUT2D eigenvalue weighted by Gasteiger charge is 2.05. The minimum atomic E-state index is -0.478. The molecular weight excluding hydrogens is 394 g/mol. The van der Waals surface area contributed by atoms with Gasteiger partial charge < -0.3 is 0 Å². The van der Waals surface area contributed by atoms with E-state index in [2.05, 4.69) is 26.5 Å². The maximum absolute atomic E-state index is 11.7. The zero-order valence-corrected chi connectivity index (χ0v) is 14.9. The van der Waals surface area contributed by atoms with Crippen LogP contribution in [0.2, 0.25) is 0 Å². The van der Waals surface area contributed by atoms with E-state index in [4.69, 9.17) is 0 Å². The smallest absolute Gasteiger partial charge is 0.270 e. The van der Waals surface area contributed by atoms with Crippen LogP contribution >= 0.6 is 27.7 Å². The van der Waals surface area contributed by atoms with Crippen LogP contribution < -0.4 is 5.43 Å². The van der Waals surface area contributed by atoms with Gasteiger partial charge in [0.15, 0.2) is 0 Å². The summed E-state index contributed by atoms with van der Waals surface area (Å²) in [7, 11) is 0. The minimum absolute atomic E-state index is 0.0192. The fourth-order valence-electron chi connectivity index (χ4n) is 1.80. The second kappa shape index (κ2) is 9.19. The van der Waals surface area contributed by atoms with E-state index in [1.807, 2.05) is 24.3 Å². The number of carbonyl (C=O) groups is 1. The van der Waals surface area contributed by atoms with Gasteiger partial charge in [0.2, 0.25) is 5.91 Å². The molecule has 0 atom stereocenters. The normalized spacial score (nSPS) is 10.7. The lowest BCUT2D eigenvalue weighted by molar-refractivity contribution is -0.384. The molecule has 124 valence electrons. The largest absolute Gasteiger partial charge is 0.272 e. The van der Waals surface area contributed by atoms with Gasteiger partial charge >= 0.3 is 0 Å². The molecule has 0 unspecified atom stereocenters. The number of carbonyl (C=O) groups excluding carboxylic acids is 1. The third-order valence-corrected chi connectivity index (χ3v) is 4.69. The van der Waals surface area contributed by atoms with Crippen molar-refractivity contribution in [3.05, 3.63) is 74.2 Å². The first-order valence-corrected chi connectivity index (χ1v) is 8.88. The molecule has 1 N–H and O–H groups in total. The van der Waals surface area contributed by atoms with Crippen LogP contribution in [0.4, 0.5) is 5.69 Å². The van der Waals surface area contributed by atoms with Gasteiger partial charge in [0.25, 0.3) is 5.69 Å². The Balaban J connectivity index is 1.78. The average molecular weight is 408 g/mol. The van der Waals surface area contributed by atoms with Gasteiger partial charge in [-0.15, -0.1) is 11.8 Å². The van der Waals surface area contributed by atoms with Gasteiger partial charge in [-0.05, 0) is 11.6 Å². The van der Waals surface area contributed by atoms with Crippen LogP contribution in [-0.2, 0) is 10.5 Å². The van der Waals surface area contributed by atoms with E-state index >= 15 is 0 Å². The SMILES string of the molecule is O=C(CSCc1ccccc1Br)NN=Cc1cccc([N+](=O)[O-])c1. The molecular formula is C16H14BrN3O3S. The molecule has 0 aliphatic carbocycles. The van der Waals surface area contributed by atoms with Crippen LogP contribution in [0.1, 0.15) is 11.1 Å². The molecule has 6 nitrogen and oxygen atoms in total. The predicted molar refractivity (Wildman–Crippen MR) is 99.1 cm³/mol. The number of halogens is 1. The summed E-state index contributed by atoms with van der Waals surface area (Å²) in [6.07, 6.45) is 1.38. The Hall–Kier alpha value is -2.19. The van der Waals surface area contributed by atoms with Crippen molar-refractivity contribution in [2.24, 2.45) is 5.10 Å². The number of rotatable bonds is 7. The minimum Gasteiger partial charge on any atom is -0.272 e. The number of non-ortho nitro benzene ring substituents is 1. The summed E-state index contributed by atoms with van der Waals surface area (Å²) in [6, 6.07) is 13.9. The topological polar surface area (TPSA) is 84.6 Å². The Kier molecular flexibility index (Phi) is 6.95. The maximum Gasteiger partial charge on any atom is 0.270 e. The zero-order valence-electron chi connectivity index (χ0n) is 12.5. The molecule has 2 rings (SSSR count). The maximum atomic E-state index is 11.7. The molecule has 0 heterocycles. The van der Waals surface area contributed by atoms with Crippen molar-refractivity contribution in [1.29, 1.82) is 0 Å². The Morgan fingerprint density at radius 2 is 2.08 bits per heavy atom. The highest BCUT2D eigenvalue weighted by molar-refractivity contribution is 9.10. The second-order valence-corrected chi connectivity index (χ2v) is 6.57. The number of hydrogen-bond donors (Lipinski definition) is 1. The van der Waals surface area contributed by atoms with Crippen LogP contribution in [0.25, 0.3) is 0 Å². The number of nitro groups is 1. The lowest BCUT2D eigenvalue weighted by Crippen LogP contribution is -2.19. The number of thioether (sulfide) groups is 1. The number of nitrogens with one attached hydrogen (secondary N) is 1. The van der Waals surface area contributed by atoms with Gasteiger partial charge in [-0.3, -0.25) is 14.9 Å². The van der Waals surface area contributed by atoms with E-state index in [1.165, 1.54) is 30.1 Å². The van der Waals surface area contributed by atoms with Gasteiger partial charge in [0, 0.05) is 27.9 Å². The summed E-state index contributed by atoms with van der Waals surface area (Å²) in [5.74, 6) is 0.755. The molecule has 0 saturated carbocycles. The summed E-state index contributed by atoms with van der Waals surface area (Å²) in [6.45, 7) is 0. The molecule has 1 amide bonds. The summed E-state index contributed by atoms with van der Waals surface area (Å²) in [4.78, 5) is 21.9. The molecule has 0 bridgehead atoms. The van der Waals surface area contributed by atoms with E-state index < -0.39 is 4.92 Å². The third kappa shape index (κ3) is 5.78. The van der Waals surface area contributed by atoms with Crippen molar-refractivity contribution in [1.82, 2.24) is 5.43 Å². The van der Waals surface area contributed by atoms with Crippen molar-refractivity contribution >= 4 is 45.5 Å². The highest BCUT2D eigenvalue weighted by Crippen LogP contribution is 2.21. The zero-order chi connectivity index (χ0) is 17.4. The Bertz CT molecular complexity index is 768. The van der Waals surface area contributed by atoms with Gasteiger partial charge in [0.1, 0.15) is 0 Å². The molecule has 0 spiro atoms. The van der Waals surface area contributed by atoms with Crippen LogP contribution in [0.5, 0.6) is 0 Å². The van der Waals surface area contributed by atoms with Crippen LogP contribution in [-0.4, -0.2) is 22.8 Å². The quantitative estimate of drug-likeness (QED) is 0.430. The first kappa shape index (κ1) is 18.2. The van der Waals surface area contributed by atoms with Crippen LogP contribution in [0.3, 0.4) is 0 Å². The summed E-state index contributed by atoms with van der Waals surface area (Å²) >= 11 is 4.94. The van der Waals surface area contributed by atoms with E-state index in [9.17, 15) is 14.9 Å². The molecule has 0 radical (unpaired) electrons. The molecule has 2 aromatic carbocycles. The molecule has 0 aliphatic rings. The fraction of sp³-hybridized carbons (Fsp3) is 0.125. The van der Waals surface area contributed by atoms with E-state index in [1.54, 1.807) is 12.1 Å². The monoisotopic (exact) mass is 407 g/mol. The van der Waals surface area contributed by atoms with Crippen LogP contribution in [0, 0.1) is 10.1 Å². The van der Waals surface area contributed by atoms with E-state index in [0.717, 1.165) is 10.0 Å². The first-order valence-electron chi connectivity index (χ1n) is 6.94. The van der Waals surface area contributed by atoms with Crippen molar-refractivity contribution in [2.45, 2.75) is 5.75 Å². The molecule has 0 aliphatic heterocycles. The Labute approximate surface area is 151 Å². The van der Waals surface area contributed by atoms with Gasteiger partial charge in [0.05, 0.1) is 16.9 Å². The predicted octanol–water partition coefficient (Wildman–Crippen LogP) is 3.74. The van der Waals surface area contributed by atoms with E-state index in [0.29, 0.717) is 11.3 Å². The molecule has 2 aromatic rings. The van der Waals surface area contributed by atoms with Crippen molar-refractivity contribution in [3.8, 4) is 0 Å². The number of nitrogens with zero attached hydrogens (tertiary/aromatic N) is 2. The van der Waals surface area contributed by atoms with Crippen molar-refractivity contribution in [2.75, 3.05) is 5.75 Å². The van der Waals surface area contributed by atoms with Crippen LogP contribution in [0.15, 0.2) is 58.1 Å². The molecule has 0 saturated heterocycles. The average Bonchev–Trinajstić information content (AvgIpc) is 2.57.